The van der Waals surface area contributed by atoms with E-state index in [1.165, 1.54) is 0 Å². The minimum Gasteiger partial charge on any atom is -0.353 e. The topological polar surface area (TPSA) is 52.7 Å². The first kappa shape index (κ1) is 19.8. The van der Waals surface area contributed by atoms with Gasteiger partial charge in [-0.25, -0.2) is 0 Å². The van der Waals surface area contributed by atoms with E-state index in [1.807, 2.05) is 43.2 Å². The van der Waals surface area contributed by atoms with Gasteiger partial charge in [-0.3, -0.25) is 14.5 Å². The molecule has 1 saturated heterocycles. The SMILES string of the molecule is CCC(C)NC(=O)CN1CCN(C(=O)c2cc(SC)ccc2C)CC1. The molecule has 0 aliphatic carbocycles. The summed E-state index contributed by atoms with van der Waals surface area (Å²) >= 11 is 1.65. The molecule has 0 saturated carbocycles. The largest absolute Gasteiger partial charge is 0.353 e. The Balaban J connectivity index is 1.89. The quantitative estimate of drug-likeness (QED) is 0.789. The van der Waals surface area contributed by atoms with Gasteiger partial charge in [-0.2, -0.15) is 0 Å². The highest BCUT2D eigenvalue weighted by atomic mass is 32.2. The molecule has 0 spiro atoms. The summed E-state index contributed by atoms with van der Waals surface area (Å²) in [7, 11) is 0. The molecule has 5 nitrogen and oxygen atoms in total. The Bertz CT molecular complexity index is 613. The van der Waals surface area contributed by atoms with E-state index >= 15 is 0 Å². The summed E-state index contributed by atoms with van der Waals surface area (Å²) in [5.41, 5.74) is 1.80. The maximum atomic E-state index is 12.8. The van der Waals surface area contributed by atoms with Crippen molar-refractivity contribution in [2.24, 2.45) is 0 Å². The van der Waals surface area contributed by atoms with Gasteiger partial charge in [0, 0.05) is 42.7 Å². The number of carbonyl (C=O) groups is 2. The molecule has 1 aliphatic rings. The van der Waals surface area contributed by atoms with E-state index in [1.54, 1.807) is 11.8 Å². The molecule has 0 aromatic heterocycles. The molecule has 2 rings (SSSR count). The molecule has 25 heavy (non-hydrogen) atoms. The average molecular weight is 364 g/mol. The summed E-state index contributed by atoms with van der Waals surface area (Å²) in [6.45, 7) is 9.27. The van der Waals surface area contributed by atoms with Crippen LogP contribution in [0.15, 0.2) is 23.1 Å². The van der Waals surface area contributed by atoms with Gasteiger partial charge in [0.05, 0.1) is 6.54 Å². The number of thioether (sulfide) groups is 1. The lowest BCUT2D eigenvalue weighted by atomic mass is 10.1. The number of benzene rings is 1. The lowest BCUT2D eigenvalue weighted by Gasteiger charge is -2.34. The first-order valence-electron chi connectivity index (χ1n) is 8.90. The summed E-state index contributed by atoms with van der Waals surface area (Å²) in [4.78, 5) is 29.9. The normalized spacial score (nSPS) is 16.6. The number of piperazine rings is 1. The fraction of sp³-hybridized carbons (Fsp3) is 0.579. The summed E-state index contributed by atoms with van der Waals surface area (Å²) in [5.74, 6) is 0.162. The summed E-state index contributed by atoms with van der Waals surface area (Å²) in [5, 5.41) is 2.99. The second kappa shape index (κ2) is 9.25. The van der Waals surface area contributed by atoms with Crippen molar-refractivity contribution in [3.8, 4) is 0 Å². The van der Waals surface area contributed by atoms with Crippen molar-refractivity contribution in [3.63, 3.8) is 0 Å². The number of rotatable bonds is 6. The van der Waals surface area contributed by atoms with Crippen LogP contribution in [0.4, 0.5) is 0 Å². The van der Waals surface area contributed by atoms with Gasteiger partial charge in [-0.15, -0.1) is 11.8 Å². The molecule has 1 atom stereocenters. The highest BCUT2D eigenvalue weighted by Gasteiger charge is 2.24. The van der Waals surface area contributed by atoms with Crippen molar-refractivity contribution in [2.75, 3.05) is 39.0 Å². The van der Waals surface area contributed by atoms with Gasteiger partial charge in [0.25, 0.3) is 5.91 Å². The zero-order valence-corrected chi connectivity index (χ0v) is 16.5. The molecule has 1 fully saturated rings. The molecule has 6 heteroatoms. The van der Waals surface area contributed by atoms with Gasteiger partial charge in [0.2, 0.25) is 5.91 Å². The van der Waals surface area contributed by atoms with Crippen LogP contribution in [0.3, 0.4) is 0 Å². The average Bonchev–Trinajstić information content (AvgIpc) is 2.62. The molecule has 2 amide bonds. The van der Waals surface area contributed by atoms with Crippen molar-refractivity contribution in [3.05, 3.63) is 29.3 Å². The van der Waals surface area contributed by atoms with Crippen molar-refractivity contribution in [1.29, 1.82) is 0 Å². The zero-order chi connectivity index (χ0) is 18.4. The number of amides is 2. The molecule has 1 aromatic rings. The van der Waals surface area contributed by atoms with Crippen LogP contribution < -0.4 is 5.32 Å². The van der Waals surface area contributed by atoms with Crippen molar-refractivity contribution in [1.82, 2.24) is 15.1 Å². The maximum Gasteiger partial charge on any atom is 0.254 e. The van der Waals surface area contributed by atoms with E-state index in [-0.39, 0.29) is 17.9 Å². The molecular weight excluding hydrogens is 334 g/mol. The van der Waals surface area contributed by atoms with Gasteiger partial charge in [0.1, 0.15) is 0 Å². The number of aryl methyl sites for hydroxylation is 1. The van der Waals surface area contributed by atoms with Gasteiger partial charge in [-0.05, 0) is 44.2 Å². The fourth-order valence-corrected chi connectivity index (χ4v) is 3.30. The number of hydrogen-bond donors (Lipinski definition) is 1. The molecule has 0 bridgehead atoms. The van der Waals surface area contributed by atoms with Crippen LogP contribution in [0, 0.1) is 6.92 Å². The van der Waals surface area contributed by atoms with Crippen molar-refractivity contribution in [2.45, 2.75) is 38.1 Å². The van der Waals surface area contributed by atoms with Crippen LogP contribution in [-0.2, 0) is 4.79 Å². The van der Waals surface area contributed by atoms with E-state index in [9.17, 15) is 9.59 Å². The summed E-state index contributed by atoms with van der Waals surface area (Å²) in [6, 6.07) is 6.25. The zero-order valence-electron chi connectivity index (χ0n) is 15.7. The Labute approximate surface area is 155 Å². The minimum atomic E-state index is 0.0673. The highest BCUT2D eigenvalue weighted by molar-refractivity contribution is 7.98. The van der Waals surface area contributed by atoms with E-state index < -0.39 is 0 Å². The molecule has 138 valence electrons. The Hall–Kier alpha value is -1.53. The second-order valence-corrected chi connectivity index (χ2v) is 7.51. The standard InChI is InChI=1S/C19H29N3O2S/c1-5-15(3)20-18(23)13-21-8-10-22(11-9-21)19(24)17-12-16(25-4)7-6-14(17)2/h6-7,12,15H,5,8-11,13H2,1-4H3,(H,20,23). The van der Waals surface area contributed by atoms with Crippen LogP contribution in [-0.4, -0.2) is 66.6 Å². The maximum absolute atomic E-state index is 12.8. The Morgan fingerprint density at radius 2 is 1.92 bits per heavy atom. The van der Waals surface area contributed by atoms with E-state index in [4.69, 9.17) is 0 Å². The minimum absolute atomic E-state index is 0.0673. The molecule has 1 aromatic carbocycles. The van der Waals surface area contributed by atoms with Crippen LogP contribution in [0.5, 0.6) is 0 Å². The van der Waals surface area contributed by atoms with Crippen LogP contribution in [0.1, 0.15) is 36.2 Å². The van der Waals surface area contributed by atoms with Crippen molar-refractivity contribution >= 4 is 23.6 Å². The molecule has 1 heterocycles. The third-order valence-electron chi connectivity index (χ3n) is 4.72. The van der Waals surface area contributed by atoms with Gasteiger partial charge < -0.3 is 10.2 Å². The Morgan fingerprint density at radius 3 is 2.52 bits per heavy atom. The van der Waals surface area contributed by atoms with Crippen molar-refractivity contribution < 1.29 is 9.59 Å². The number of nitrogens with zero attached hydrogens (tertiary/aromatic N) is 2. The fourth-order valence-electron chi connectivity index (χ4n) is 2.86. The third kappa shape index (κ3) is 5.47. The first-order valence-corrected chi connectivity index (χ1v) is 10.1. The van der Waals surface area contributed by atoms with Crippen LogP contribution in [0.25, 0.3) is 0 Å². The van der Waals surface area contributed by atoms with Gasteiger partial charge >= 0.3 is 0 Å². The predicted octanol–water partition coefficient (Wildman–Crippen LogP) is 2.39. The molecular formula is C19H29N3O2S. The Morgan fingerprint density at radius 1 is 1.24 bits per heavy atom. The molecule has 1 unspecified atom stereocenters. The lowest BCUT2D eigenvalue weighted by molar-refractivity contribution is -0.123. The number of hydrogen-bond acceptors (Lipinski definition) is 4. The van der Waals surface area contributed by atoms with Crippen LogP contribution in [0.2, 0.25) is 0 Å². The smallest absolute Gasteiger partial charge is 0.254 e. The second-order valence-electron chi connectivity index (χ2n) is 6.63. The number of carbonyl (C=O) groups excluding carboxylic acids is 2. The summed E-state index contributed by atoms with van der Waals surface area (Å²) < 4.78 is 0. The number of nitrogens with one attached hydrogen (secondary N) is 1. The van der Waals surface area contributed by atoms with E-state index in [0.717, 1.165) is 35.5 Å². The highest BCUT2D eigenvalue weighted by Crippen LogP contribution is 2.21. The Kier molecular flexibility index (Phi) is 7.32. The molecule has 1 N–H and O–H groups in total. The van der Waals surface area contributed by atoms with E-state index in [0.29, 0.717) is 19.6 Å². The summed E-state index contributed by atoms with van der Waals surface area (Å²) in [6.07, 6.45) is 2.95. The third-order valence-corrected chi connectivity index (χ3v) is 5.45. The van der Waals surface area contributed by atoms with Crippen LogP contribution >= 0.6 is 11.8 Å². The molecule has 1 aliphatic heterocycles. The van der Waals surface area contributed by atoms with E-state index in [2.05, 4.69) is 17.1 Å². The molecule has 0 radical (unpaired) electrons. The first-order chi connectivity index (χ1) is 11.9. The lowest BCUT2D eigenvalue weighted by Crippen LogP contribution is -2.51. The van der Waals surface area contributed by atoms with Gasteiger partial charge in [0.15, 0.2) is 0 Å². The monoisotopic (exact) mass is 363 g/mol. The van der Waals surface area contributed by atoms with Gasteiger partial charge in [-0.1, -0.05) is 13.0 Å². The predicted molar refractivity (Wildman–Crippen MR) is 103 cm³/mol.